The topological polar surface area (TPSA) is 35.5 Å². The molecule has 138 valence electrons. The first kappa shape index (κ1) is 19.2. The molecule has 4 heteroatoms. The van der Waals surface area contributed by atoms with E-state index in [-0.39, 0.29) is 6.61 Å². The van der Waals surface area contributed by atoms with Gasteiger partial charge in [-0.15, -0.1) is 0 Å². The molecule has 0 amide bonds. The second-order valence-electron chi connectivity index (χ2n) is 6.52. The van der Waals surface area contributed by atoms with E-state index in [1.165, 1.54) is 5.56 Å². The number of carbonyl (C=O) groups excluding carboxylic acids is 1. The van der Waals surface area contributed by atoms with Gasteiger partial charge in [-0.25, -0.2) is 4.79 Å². The van der Waals surface area contributed by atoms with Crippen LogP contribution in [0.2, 0.25) is 0 Å². The van der Waals surface area contributed by atoms with Crippen molar-refractivity contribution >= 4 is 21.9 Å². The van der Waals surface area contributed by atoms with Crippen molar-refractivity contribution in [2.24, 2.45) is 0 Å². The number of halogens is 1. The van der Waals surface area contributed by atoms with E-state index in [9.17, 15) is 4.79 Å². The van der Waals surface area contributed by atoms with E-state index < -0.39 is 5.97 Å². The first-order valence-corrected chi connectivity index (χ1v) is 9.49. The maximum absolute atomic E-state index is 12.1. The Morgan fingerprint density at radius 2 is 1.37 bits per heavy atom. The lowest BCUT2D eigenvalue weighted by atomic mass is 10.0. The summed E-state index contributed by atoms with van der Waals surface area (Å²) in [6.07, 6.45) is 0. The monoisotopic (exact) mass is 424 g/mol. The van der Waals surface area contributed by atoms with Gasteiger partial charge in [-0.2, -0.15) is 0 Å². The first-order valence-electron chi connectivity index (χ1n) is 8.70. The molecule has 0 saturated carbocycles. The minimum absolute atomic E-state index is 0.136. The van der Waals surface area contributed by atoms with Gasteiger partial charge in [-0.3, -0.25) is 0 Å². The zero-order valence-electron chi connectivity index (χ0n) is 15.6. The minimum atomic E-state index is -0.431. The van der Waals surface area contributed by atoms with Crippen molar-refractivity contribution in [3.8, 4) is 22.6 Å². The minimum Gasteiger partial charge on any atom is -0.481 e. The van der Waals surface area contributed by atoms with Gasteiger partial charge in [0, 0.05) is 4.47 Å². The van der Waals surface area contributed by atoms with E-state index >= 15 is 0 Å². The van der Waals surface area contributed by atoms with Crippen molar-refractivity contribution in [3.63, 3.8) is 0 Å². The standard InChI is InChI=1S/C23H21BrO3/c1-15-4-6-18(7-5-15)19-8-10-21(11-9-19)27-22(25)14-26-23-16(2)12-20(24)13-17(23)3/h4-13H,14H2,1-3H3. The summed E-state index contributed by atoms with van der Waals surface area (Å²) in [6.45, 7) is 5.82. The molecule has 0 atom stereocenters. The van der Waals surface area contributed by atoms with Crippen LogP contribution in [0, 0.1) is 20.8 Å². The highest BCUT2D eigenvalue weighted by atomic mass is 79.9. The Morgan fingerprint density at radius 3 is 1.93 bits per heavy atom. The number of esters is 1. The van der Waals surface area contributed by atoms with Gasteiger partial charge >= 0.3 is 5.97 Å². The first-order chi connectivity index (χ1) is 12.9. The van der Waals surface area contributed by atoms with Crippen molar-refractivity contribution < 1.29 is 14.3 Å². The van der Waals surface area contributed by atoms with E-state index in [4.69, 9.17) is 9.47 Å². The van der Waals surface area contributed by atoms with Gasteiger partial charge in [0.2, 0.25) is 0 Å². The zero-order chi connectivity index (χ0) is 19.4. The smallest absolute Gasteiger partial charge is 0.349 e. The molecule has 0 radical (unpaired) electrons. The molecule has 0 aliphatic heterocycles. The second kappa shape index (κ2) is 8.40. The van der Waals surface area contributed by atoms with Crippen molar-refractivity contribution in [3.05, 3.63) is 81.8 Å². The third-order valence-corrected chi connectivity index (χ3v) is 4.69. The summed E-state index contributed by atoms with van der Waals surface area (Å²) in [7, 11) is 0. The van der Waals surface area contributed by atoms with Crippen LogP contribution in [0.1, 0.15) is 16.7 Å². The highest BCUT2D eigenvalue weighted by molar-refractivity contribution is 9.10. The Labute approximate surface area is 168 Å². The fourth-order valence-electron chi connectivity index (χ4n) is 2.88. The zero-order valence-corrected chi connectivity index (χ0v) is 17.2. The molecule has 0 N–H and O–H groups in total. The van der Waals surface area contributed by atoms with Gasteiger partial charge in [0.05, 0.1) is 0 Å². The summed E-state index contributed by atoms with van der Waals surface area (Å²) < 4.78 is 12.0. The summed E-state index contributed by atoms with van der Waals surface area (Å²) >= 11 is 3.45. The van der Waals surface area contributed by atoms with Gasteiger partial charge in [0.25, 0.3) is 0 Å². The van der Waals surface area contributed by atoms with Crippen molar-refractivity contribution in [2.45, 2.75) is 20.8 Å². The number of carbonyl (C=O) groups is 1. The van der Waals surface area contributed by atoms with Gasteiger partial charge in [0.1, 0.15) is 11.5 Å². The molecule has 27 heavy (non-hydrogen) atoms. The average molecular weight is 425 g/mol. The number of hydrogen-bond donors (Lipinski definition) is 0. The quantitative estimate of drug-likeness (QED) is 0.370. The normalized spacial score (nSPS) is 10.5. The third-order valence-electron chi connectivity index (χ3n) is 4.23. The molecular formula is C23H21BrO3. The van der Waals surface area contributed by atoms with Crippen LogP contribution in [0.25, 0.3) is 11.1 Å². The predicted molar refractivity (Wildman–Crippen MR) is 111 cm³/mol. The molecule has 0 aliphatic carbocycles. The molecule has 0 unspecified atom stereocenters. The SMILES string of the molecule is Cc1ccc(-c2ccc(OC(=O)COc3c(C)cc(Br)cc3C)cc2)cc1. The molecule has 3 aromatic carbocycles. The number of ether oxygens (including phenoxy) is 2. The fourth-order valence-corrected chi connectivity index (χ4v) is 3.57. The summed E-state index contributed by atoms with van der Waals surface area (Å²) in [5, 5.41) is 0. The Bertz CT molecular complexity index is 921. The average Bonchev–Trinajstić information content (AvgIpc) is 2.62. The highest BCUT2D eigenvalue weighted by Gasteiger charge is 2.10. The predicted octanol–water partition coefficient (Wildman–Crippen LogP) is 6.03. The van der Waals surface area contributed by atoms with Crippen LogP contribution in [-0.2, 0) is 4.79 Å². The van der Waals surface area contributed by atoms with Crippen LogP contribution in [0.15, 0.2) is 65.1 Å². The molecule has 3 aromatic rings. The highest BCUT2D eigenvalue weighted by Crippen LogP contribution is 2.27. The largest absolute Gasteiger partial charge is 0.481 e. The number of aryl methyl sites for hydroxylation is 3. The number of benzene rings is 3. The van der Waals surface area contributed by atoms with Crippen LogP contribution in [0.4, 0.5) is 0 Å². The lowest BCUT2D eigenvalue weighted by Gasteiger charge is -2.12. The molecule has 0 heterocycles. The van der Waals surface area contributed by atoms with Gasteiger partial charge in [-0.05, 0) is 67.3 Å². The molecule has 3 nitrogen and oxygen atoms in total. The molecule has 3 rings (SSSR count). The Balaban J connectivity index is 1.60. The Morgan fingerprint density at radius 1 is 0.852 bits per heavy atom. The lowest BCUT2D eigenvalue weighted by molar-refractivity contribution is -0.136. The Hall–Kier alpha value is -2.59. The molecule has 0 saturated heterocycles. The van der Waals surface area contributed by atoms with Gasteiger partial charge in [-0.1, -0.05) is 57.9 Å². The third kappa shape index (κ3) is 4.98. The number of rotatable bonds is 5. The molecule has 0 fully saturated rings. The van der Waals surface area contributed by atoms with Crippen LogP contribution >= 0.6 is 15.9 Å². The summed E-state index contributed by atoms with van der Waals surface area (Å²) in [4.78, 5) is 12.1. The van der Waals surface area contributed by atoms with Crippen LogP contribution in [0.5, 0.6) is 11.5 Å². The van der Waals surface area contributed by atoms with E-state index in [1.54, 1.807) is 12.1 Å². The van der Waals surface area contributed by atoms with Gasteiger partial charge < -0.3 is 9.47 Å². The number of hydrogen-bond acceptors (Lipinski definition) is 3. The van der Waals surface area contributed by atoms with E-state index in [0.29, 0.717) is 11.5 Å². The molecule has 0 aromatic heterocycles. The van der Waals surface area contributed by atoms with Crippen molar-refractivity contribution in [2.75, 3.05) is 6.61 Å². The molecule has 0 spiro atoms. The Kier molecular flexibility index (Phi) is 5.97. The van der Waals surface area contributed by atoms with Crippen molar-refractivity contribution in [1.82, 2.24) is 0 Å². The fraction of sp³-hybridized carbons (Fsp3) is 0.174. The summed E-state index contributed by atoms with van der Waals surface area (Å²) in [5.41, 5.74) is 5.37. The van der Waals surface area contributed by atoms with E-state index in [1.807, 2.05) is 38.1 Å². The molecular weight excluding hydrogens is 404 g/mol. The summed E-state index contributed by atoms with van der Waals surface area (Å²) in [6, 6.07) is 19.7. The van der Waals surface area contributed by atoms with E-state index in [0.717, 1.165) is 26.7 Å². The summed E-state index contributed by atoms with van der Waals surface area (Å²) in [5.74, 6) is 0.786. The maximum Gasteiger partial charge on any atom is 0.349 e. The van der Waals surface area contributed by atoms with Gasteiger partial charge in [0.15, 0.2) is 6.61 Å². The molecule has 0 bridgehead atoms. The van der Waals surface area contributed by atoms with Crippen LogP contribution in [-0.4, -0.2) is 12.6 Å². The van der Waals surface area contributed by atoms with E-state index in [2.05, 4.69) is 47.1 Å². The lowest BCUT2D eigenvalue weighted by Crippen LogP contribution is -2.18. The molecule has 0 aliphatic rings. The van der Waals surface area contributed by atoms with Crippen LogP contribution in [0.3, 0.4) is 0 Å². The van der Waals surface area contributed by atoms with Crippen molar-refractivity contribution in [1.29, 1.82) is 0 Å². The second-order valence-corrected chi connectivity index (χ2v) is 7.44. The maximum atomic E-state index is 12.1. The van der Waals surface area contributed by atoms with Crippen LogP contribution < -0.4 is 9.47 Å².